The average Bonchev–Trinajstić information content (AvgIpc) is 3.01. The molecule has 0 saturated heterocycles. The van der Waals surface area contributed by atoms with Crippen LogP contribution in [0.4, 0.5) is 0 Å². The van der Waals surface area contributed by atoms with Crippen LogP contribution in [0.5, 0.6) is 0 Å². The van der Waals surface area contributed by atoms with Gasteiger partial charge in [-0.2, -0.15) is 0 Å². The second-order valence-electron chi connectivity index (χ2n) is 10.2. The molecule has 4 aliphatic carbocycles. The van der Waals surface area contributed by atoms with Gasteiger partial charge >= 0.3 is 0 Å². The molecule has 0 N–H and O–H groups in total. The van der Waals surface area contributed by atoms with E-state index in [4.69, 9.17) is 0 Å². The minimum atomic E-state index is 0.484. The molecule has 0 nitrogen and oxygen atoms in total. The highest BCUT2D eigenvalue weighted by molar-refractivity contribution is 5.33. The maximum atomic E-state index is 4.27. The zero-order chi connectivity index (χ0) is 19.8. The fourth-order valence-electron chi connectivity index (χ4n) is 7.86. The van der Waals surface area contributed by atoms with Gasteiger partial charge in [0.2, 0.25) is 0 Å². The second-order valence-corrected chi connectivity index (χ2v) is 10.2. The van der Waals surface area contributed by atoms with E-state index in [1.807, 2.05) is 13.8 Å². The quantitative estimate of drug-likeness (QED) is 0.428. The summed E-state index contributed by atoms with van der Waals surface area (Å²) in [5, 5.41) is 0. The molecule has 0 spiro atoms. The van der Waals surface area contributed by atoms with Crippen molar-refractivity contribution in [1.29, 1.82) is 0 Å². The third-order valence-corrected chi connectivity index (χ3v) is 9.16. The molecule has 4 aliphatic rings. The van der Waals surface area contributed by atoms with Gasteiger partial charge in [-0.1, -0.05) is 70.1 Å². The summed E-state index contributed by atoms with van der Waals surface area (Å²) < 4.78 is 0. The first kappa shape index (κ1) is 20.9. The van der Waals surface area contributed by atoms with Crippen LogP contribution in [0.15, 0.2) is 35.5 Å². The summed E-state index contributed by atoms with van der Waals surface area (Å²) >= 11 is 0. The Labute approximate surface area is 169 Å². The van der Waals surface area contributed by atoms with E-state index in [9.17, 15) is 0 Å². The fraction of sp³-hybridized carbons (Fsp3) is 0.778. The van der Waals surface area contributed by atoms with E-state index in [2.05, 4.69) is 46.4 Å². The Morgan fingerprint density at radius 1 is 1.07 bits per heavy atom. The Balaban J connectivity index is 0.00000102. The Bertz CT molecular complexity index is 620. The largest absolute Gasteiger partial charge is 0.0958 e. The molecule has 0 amide bonds. The smallest absolute Gasteiger partial charge is 0.00790 e. The van der Waals surface area contributed by atoms with Crippen molar-refractivity contribution >= 4 is 0 Å². The molecule has 4 rings (SSSR count). The van der Waals surface area contributed by atoms with Crippen LogP contribution in [0.2, 0.25) is 0 Å². The Hall–Kier alpha value is -0.780. The minimum Gasteiger partial charge on any atom is -0.0958 e. The summed E-state index contributed by atoms with van der Waals surface area (Å²) in [7, 11) is 0. The van der Waals surface area contributed by atoms with Gasteiger partial charge < -0.3 is 0 Å². The maximum Gasteiger partial charge on any atom is -0.00790 e. The summed E-state index contributed by atoms with van der Waals surface area (Å²) in [6, 6.07) is 0. The maximum absolute atomic E-state index is 4.27. The number of allylic oxidation sites excluding steroid dienone is 5. The molecule has 152 valence electrons. The molecular formula is C27H44. The van der Waals surface area contributed by atoms with Crippen molar-refractivity contribution < 1.29 is 0 Å². The predicted molar refractivity (Wildman–Crippen MR) is 120 cm³/mol. The first-order chi connectivity index (χ1) is 12.9. The SMILES string of the molecule is C=C1C=C2CCC3C(CCC4(C)C(/C(C)=C/CC)CCC34)C2(C)CC1.CC. The van der Waals surface area contributed by atoms with Gasteiger partial charge in [0.1, 0.15) is 0 Å². The Morgan fingerprint density at radius 3 is 2.52 bits per heavy atom. The summed E-state index contributed by atoms with van der Waals surface area (Å²) in [6.45, 7) is 18.3. The molecule has 6 unspecified atom stereocenters. The van der Waals surface area contributed by atoms with Crippen molar-refractivity contribution in [2.45, 2.75) is 99.3 Å². The third-order valence-electron chi connectivity index (χ3n) is 9.16. The molecule has 0 aromatic carbocycles. The summed E-state index contributed by atoms with van der Waals surface area (Å²) in [6.07, 6.45) is 17.4. The van der Waals surface area contributed by atoms with Crippen LogP contribution in [0, 0.1) is 34.5 Å². The lowest BCUT2D eigenvalue weighted by Gasteiger charge is -2.58. The number of hydrogen-bond acceptors (Lipinski definition) is 0. The van der Waals surface area contributed by atoms with Gasteiger partial charge in [-0.3, -0.25) is 0 Å². The molecule has 0 aromatic heterocycles. The van der Waals surface area contributed by atoms with Gasteiger partial charge in [0.25, 0.3) is 0 Å². The first-order valence-corrected chi connectivity index (χ1v) is 12.0. The molecule has 27 heavy (non-hydrogen) atoms. The number of hydrogen-bond donors (Lipinski definition) is 0. The van der Waals surface area contributed by atoms with Gasteiger partial charge in [0, 0.05) is 0 Å². The van der Waals surface area contributed by atoms with Gasteiger partial charge in [-0.15, -0.1) is 0 Å². The Kier molecular flexibility index (Phi) is 6.14. The van der Waals surface area contributed by atoms with Crippen LogP contribution in [0.1, 0.15) is 99.3 Å². The van der Waals surface area contributed by atoms with E-state index in [1.165, 1.54) is 63.4 Å². The van der Waals surface area contributed by atoms with Crippen molar-refractivity contribution in [3.63, 3.8) is 0 Å². The van der Waals surface area contributed by atoms with Gasteiger partial charge in [0.05, 0.1) is 0 Å². The summed E-state index contributed by atoms with van der Waals surface area (Å²) in [5.74, 6) is 3.74. The molecule has 0 aromatic rings. The van der Waals surface area contributed by atoms with Gasteiger partial charge in [0.15, 0.2) is 0 Å². The molecule has 3 saturated carbocycles. The van der Waals surface area contributed by atoms with Crippen molar-refractivity contribution in [2.75, 3.05) is 0 Å². The van der Waals surface area contributed by atoms with E-state index in [0.29, 0.717) is 10.8 Å². The Morgan fingerprint density at radius 2 is 1.81 bits per heavy atom. The monoisotopic (exact) mass is 368 g/mol. The zero-order valence-corrected chi connectivity index (χ0v) is 19.0. The number of rotatable bonds is 2. The van der Waals surface area contributed by atoms with Crippen LogP contribution in [-0.2, 0) is 0 Å². The molecule has 0 heterocycles. The van der Waals surface area contributed by atoms with E-state index < -0.39 is 0 Å². The van der Waals surface area contributed by atoms with E-state index in [0.717, 1.165) is 23.7 Å². The lowest BCUT2D eigenvalue weighted by molar-refractivity contribution is -0.0451. The lowest BCUT2D eigenvalue weighted by Crippen LogP contribution is -2.50. The van der Waals surface area contributed by atoms with Crippen LogP contribution < -0.4 is 0 Å². The highest BCUT2D eigenvalue weighted by Crippen LogP contribution is 2.67. The fourth-order valence-corrected chi connectivity index (χ4v) is 7.86. The van der Waals surface area contributed by atoms with Crippen LogP contribution in [0.3, 0.4) is 0 Å². The third kappa shape index (κ3) is 3.30. The average molecular weight is 369 g/mol. The second kappa shape index (κ2) is 7.92. The summed E-state index contributed by atoms with van der Waals surface area (Å²) in [5.41, 5.74) is 5.89. The van der Waals surface area contributed by atoms with E-state index >= 15 is 0 Å². The van der Waals surface area contributed by atoms with Crippen molar-refractivity contribution in [1.82, 2.24) is 0 Å². The zero-order valence-electron chi connectivity index (χ0n) is 19.0. The number of fused-ring (bicyclic) bond motifs is 5. The highest BCUT2D eigenvalue weighted by atomic mass is 14.6. The molecule has 6 atom stereocenters. The van der Waals surface area contributed by atoms with Gasteiger partial charge in [-0.25, -0.2) is 0 Å². The molecule has 0 radical (unpaired) electrons. The molecule has 0 heteroatoms. The highest BCUT2D eigenvalue weighted by Gasteiger charge is 2.58. The first-order valence-electron chi connectivity index (χ1n) is 12.0. The summed E-state index contributed by atoms with van der Waals surface area (Å²) in [4.78, 5) is 0. The van der Waals surface area contributed by atoms with E-state index in [-0.39, 0.29) is 0 Å². The topological polar surface area (TPSA) is 0 Å². The van der Waals surface area contributed by atoms with Crippen LogP contribution >= 0.6 is 0 Å². The molecule has 0 bridgehead atoms. The lowest BCUT2D eigenvalue weighted by atomic mass is 9.46. The minimum absolute atomic E-state index is 0.484. The normalized spacial score (nSPS) is 43.7. The van der Waals surface area contributed by atoms with Crippen molar-refractivity contribution in [3.05, 3.63) is 35.5 Å². The van der Waals surface area contributed by atoms with Gasteiger partial charge in [-0.05, 0) is 99.2 Å². The molecule has 3 fully saturated rings. The molecule has 0 aliphatic heterocycles. The van der Waals surface area contributed by atoms with Crippen molar-refractivity contribution in [3.8, 4) is 0 Å². The van der Waals surface area contributed by atoms with E-state index in [1.54, 1.807) is 11.1 Å². The van der Waals surface area contributed by atoms with Crippen molar-refractivity contribution in [2.24, 2.45) is 34.5 Å². The van der Waals surface area contributed by atoms with Crippen LogP contribution in [-0.4, -0.2) is 0 Å². The molecular weight excluding hydrogens is 324 g/mol. The predicted octanol–water partition coefficient (Wildman–Crippen LogP) is 8.50. The van der Waals surface area contributed by atoms with Crippen LogP contribution in [0.25, 0.3) is 0 Å². The standard InChI is InChI=1S/C25H38.C2H6/c1-6-7-18(3)21-10-11-22-20-9-8-19-16-17(2)12-14-24(19,4)23(20)13-15-25(21,22)5;1-2/h7,16,20-23H,2,6,8-15H2,1,3-5H3;1-2H3/b18-7+;.